The number of hydrogen-bond donors (Lipinski definition) is 0. The van der Waals surface area contributed by atoms with Gasteiger partial charge in [-0.05, 0) is 80.0 Å². The quantitative estimate of drug-likeness (QED) is 0.163. The van der Waals surface area contributed by atoms with E-state index in [4.69, 9.17) is 0 Å². The second-order valence-electron chi connectivity index (χ2n) is 15.1. The molecule has 0 spiro atoms. The van der Waals surface area contributed by atoms with Crippen molar-refractivity contribution in [2.45, 2.75) is 91.1 Å². The largest absolute Gasteiger partial charge is 0.331 e. The number of benzene rings is 6. The third kappa shape index (κ3) is 6.01. The Hall–Kier alpha value is -4.56. The van der Waals surface area contributed by atoms with Gasteiger partial charge in [0, 0.05) is 10.8 Å². The Morgan fingerprint density at radius 3 is 1.14 bits per heavy atom. The van der Waals surface area contributed by atoms with Crippen LogP contribution in [0.3, 0.4) is 0 Å². The summed E-state index contributed by atoms with van der Waals surface area (Å²) in [7, 11) is 0. The van der Waals surface area contributed by atoms with Crippen molar-refractivity contribution in [2.24, 2.45) is 0 Å². The Labute approximate surface area is 294 Å². The van der Waals surface area contributed by atoms with E-state index in [1.165, 1.54) is 66.3 Å². The van der Waals surface area contributed by atoms with Gasteiger partial charge in [-0.15, -0.1) is 0 Å². The van der Waals surface area contributed by atoms with Crippen molar-refractivity contribution < 1.29 is 0 Å². The summed E-state index contributed by atoms with van der Waals surface area (Å²) in [5, 5.41) is 5.12. The fraction of sp³-hybridized carbons (Fsp3) is 0.298. The molecule has 2 radical (unpaired) electrons. The zero-order valence-electron chi connectivity index (χ0n) is 30.4. The van der Waals surface area contributed by atoms with E-state index in [2.05, 4.69) is 193 Å². The van der Waals surface area contributed by atoms with E-state index in [1.54, 1.807) is 0 Å². The Bertz CT molecular complexity index is 1910. The van der Waals surface area contributed by atoms with Gasteiger partial charge in [-0.25, -0.2) is 0 Å². The second kappa shape index (κ2) is 13.4. The van der Waals surface area contributed by atoms with Gasteiger partial charge in [0.15, 0.2) is 0 Å². The van der Waals surface area contributed by atoms with E-state index in [0.717, 1.165) is 0 Å². The molecule has 0 amide bonds. The zero-order valence-corrected chi connectivity index (χ0v) is 30.4. The lowest BCUT2D eigenvalue weighted by atomic mass is 9.88. The lowest BCUT2D eigenvalue weighted by Crippen LogP contribution is -2.25. The maximum Gasteiger partial charge on any atom is 0.210 e. The average molecular weight is 643 g/mol. The number of rotatable bonds is 8. The number of hydrogen-bond acceptors (Lipinski definition) is 2. The normalized spacial score (nSPS) is 16.7. The predicted octanol–water partition coefficient (Wildman–Crippen LogP) is 13.3. The molecule has 6 aromatic rings. The minimum atomic E-state index is -0.0158. The van der Waals surface area contributed by atoms with E-state index in [9.17, 15) is 0 Å². The summed E-state index contributed by atoms with van der Waals surface area (Å²) in [6.45, 7) is 22.6. The summed E-state index contributed by atoms with van der Waals surface area (Å²) >= 11 is 0. The first-order valence-corrected chi connectivity index (χ1v) is 18.2. The highest BCUT2D eigenvalue weighted by molar-refractivity contribution is 6.00. The van der Waals surface area contributed by atoms with Crippen molar-refractivity contribution in [3.05, 3.63) is 161 Å². The standard InChI is InChI=1S/C47H50N2/c1-30(2)38-21-19-34-23-25-40(32(5)6)46(42(34)27-38)48-29-49(45(37-17-13-10-14-18-37)44(48)36-15-11-9-12-16-36)47-41(33(7)8)26-24-35-20-22-39(31(3)4)28-43(35)47/h9-28,30-33,44-45H,1-8H3/t44-,45-/m1/s1. The van der Waals surface area contributed by atoms with Crippen LogP contribution in [0.15, 0.2) is 121 Å². The van der Waals surface area contributed by atoms with Crippen molar-refractivity contribution in [3.8, 4) is 0 Å². The van der Waals surface area contributed by atoms with Crippen LogP contribution < -0.4 is 9.80 Å². The third-order valence-corrected chi connectivity index (χ3v) is 10.5. The summed E-state index contributed by atoms with van der Waals surface area (Å²) in [6, 6.07) is 45.7. The van der Waals surface area contributed by atoms with Crippen LogP contribution >= 0.6 is 0 Å². The molecule has 0 aliphatic carbocycles. The lowest BCUT2D eigenvalue weighted by molar-refractivity contribution is 0.616. The molecule has 2 atom stereocenters. The van der Waals surface area contributed by atoms with Crippen molar-refractivity contribution >= 4 is 32.9 Å². The van der Waals surface area contributed by atoms with Crippen LogP contribution in [-0.2, 0) is 0 Å². The maximum absolute atomic E-state index is 4.16. The van der Waals surface area contributed by atoms with Crippen LogP contribution in [0.25, 0.3) is 21.5 Å². The molecule has 248 valence electrons. The molecular formula is C47H50N2. The highest BCUT2D eigenvalue weighted by Gasteiger charge is 2.46. The smallest absolute Gasteiger partial charge is 0.210 e. The SMILES string of the molecule is CC(C)c1ccc2ccc(C(C)C)c(N3[C]N(c4c(C(C)C)ccc5ccc(C(C)C)cc45)[C@H](c4ccccc4)[C@H]3c3ccccc3)c2c1. The van der Waals surface area contributed by atoms with Gasteiger partial charge in [0.05, 0.1) is 23.5 Å². The minimum Gasteiger partial charge on any atom is -0.331 e. The third-order valence-electron chi connectivity index (χ3n) is 10.5. The first-order valence-electron chi connectivity index (χ1n) is 18.2. The van der Waals surface area contributed by atoms with Crippen LogP contribution in [0.1, 0.15) is 125 Å². The summed E-state index contributed by atoms with van der Waals surface area (Å²) in [5.74, 6) is 1.54. The monoisotopic (exact) mass is 642 g/mol. The number of fused-ring (bicyclic) bond motifs is 2. The van der Waals surface area contributed by atoms with Crippen LogP contribution in [0.2, 0.25) is 0 Å². The molecule has 1 fully saturated rings. The fourth-order valence-electron chi connectivity index (χ4n) is 7.73. The van der Waals surface area contributed by atoms with E-state index < -0.39 is 0 Å². The summed E-state index contributed by atoms with van der Waals surface area (Å²) in [6.07, 6.45) is 0. The molecule has 0 bridgehead atoms. The fourth-order valence-corrected chi connectivity index (χ4v) is 7.73. The molecule has 0 aromatic heterocycles. The van der Waals surface area contributed by atoms with E-state index in [0.29, 0.717) is 23.7 Å². The molecule has 1 aliphatic rings. The highest BCUT2D eigenvalue weighted by Crippen LogP contribution is 2.55. The van der Waals surface area contributed by atoms with Crippen molar-refractivity contribution in [1.29, 1.82) is 0 Å². The predicted molar refractivity (Wildman–Crippen MR) is 211 cm³/mol. The van der Waals surface area contributed by atoms with Crippen molar-refractivity contribution in [2.75, 3.05) is 9.80 Å². The van der Waals surface area contributed by atoms with Gasteiger partial charge >= 0.3 is 0 Å². The van der Waals surface area contributed by atoms with Crippen LogP contribution in [0.5, 0.6) is 0 Å². The molecule has 2 nitrogen and oxygen atoms in total. The van der Waals surface area contributed by atoms with Gasteiger partial charge in [-0.2, -0.15) is 0 Å². The molecule has 49 heavy (non-hydrogen) atoms. The zero-order chi connectivity index (χ0) is 34.4. The molecule has 1 saturated heterocycles. The minimum absolute atomic E-state index is 0.0158. The van der Waals surface area contributed by atoms with Gasteiger partial charge in [0.2, 0.25) is 6.67 Å². The van der Waals surface area contributed by atoms with Crippen LogP contribution in [0, 0.1) is 6.67 Å². The topological polar surface area (TPSA) is 6.48 Å². The Morgan fingerprint density at radius 1 is 0.429 bits per heavy atom. The Morgan fingerprint density at radius 2 is 0.796 bits per heavy atom. The maximum atomic E-state index is 4.16. The molecular weight excluding hydrogens is 593 g/mol. The molecule has 1 aliphatic heterocycles. The van der Waals surface area contributed by atoms with Gasteiger partial charge in [-0.3, -0.25) is 0 Å². The molecule has 0 unspecified atom stereocenters. The van der Waals surface area contributed by atoms with Crippen LogP contribution in [0.4, 0.5) is 11.4 Å². The van der Waals surface area contributed by atoms with Crippen molar-refractivity contribution in [3.63, 3.8) is 0 Å². The summed E-state index contributed by atoms with van der Waals surface area (Å²) in [5.41, 5.74) is 10.5. The lowest BCUT2D eigenvalue weighted by Gasteiger charge is -2.33. The number of anilines is 2. The van der Waals surface area contributed by atoms with Gasteiger partial charge in [0.25, 0.3) is 0 Å². The molecule has 0 N–H and O–H groups in total. The first-order chi connectivity index (χ1) is 23.6. The van der Waals surface area contributed by atoms with Gasteiger partial charge in [-0.1, -0.05) is 165 Å². The Kier molecular flexibility index (Phi) is 9.01. The van der Waals surface area contributed by atoms with E-state index in [1.807, 2.05) is 0 Å². The molecule has 2 heteroatoms. The Balaban J connectivity index is 1.58. The second-order valence-corrected chi connectivity index (χ2v) is 15.1. The highest BCUT2D eigenvalue weighted by atomic mass is 15.4. The molecule has 1 heterocycles. The van der Waals surface area contributed by atoms with E-state index >= 15 is 0 Å². The average Bonchev–Trinajstić information content (AvgIpc) is 3.50. The van der Waals surface area contributed by atoms with Gasteiger partial charge in [0.1, 0.15) is 0 Å². The van der Waals surface area contributed by atoms with E-state index in [-0.39, 0.29) is 12.1 Å². The molecule has 7 rings (SSSR count). The number of nitrogens with zero attached hydrogens (tertiary/aromatic N) is 2. The molecule has 0 saturated carbocycles. The molecule has 6 aromatic carbocycles. The van der Waals surface area contributed by atoms with Crippen LogP contribution in [-0.4, -0.2) is 0 Å². The summed E-state index contributed by atoms with van der Waals surface area (Å²) < 4.78 is 0. The summed E-state index contributed by atoms with van der Waals surface area (Å²) in [4.78, 5) is 5.04. The van der Waals surface area contributed by atoms with Crippen molar-refractivity contribution in [1.82, 2.24) is 0 Å². The van der Waals surface area contributed by atoms with Gasteiger partial charge < -0.3 is 9.80 Å². The first kappa shape index (κ1) is 33.0.